The van der Waals surface area contributed by atoms with E-state index >= 15 is 0 Å². The van der Waals surface area contributed by atoms with Gasteiger partial charge >= 0.3 is 5.97 Å². The zero-order valence-electron chi connectivity index (χ0n) is 14.6. The highest BCUT2D eigenvalue weighted by atomic mass is 19.1. The number of nitrogens with zero attached hydrogens (tertiary/aromatic N) is 3. The van der Waals surface area contributed by atoms with Gasteiger partial charge in [-0.25, -0.2) is 14.2 Å². The van der Waals surface area contributed by atoms with Gasteiger partial charge in [0, 0.05) is 12.7 Å². The summed E-state index contributed by atoms with van der Waals surface area (Å²) in [6.07, 6.45) is 5.45. The first-order chi connectivity index (χ1) is 12.7. The molecule has 5 nitrogen and oxygen atoms in total. The SMILES string of the molecule is CCOC(=O)c1cnc2ccc(N3CCCC3c3cccc(F)c3)cn12. The topological polar surface area (TPSA) is 46.8 Å². The van der Waals surface area contributed by atoms with Gasteiger partial charge in [0.2, 0.25) is 0 Å². The number of pyridine rings is 1. The summed E-state index contributed by atoms with van der Waals surface area (Å²) in [6, 6.07) is 10.8. The number of fused-ring (bicyclic) bond motifs is 1. The highest BCUT2D eigenvalue weighted by Gasteiger charge is 2.27. The Morgan fingerprint density at radius 2 is 2.23 bits per heavy atom. The first-order valence-corrected chi connectivity index (χ1v) is 8.83. The van der Waals surface area contributed by atoms with Gasteiger partial charge in [0.05, 0.1) is 24.5 Å². The molecule has 1 fully saturated rings. The summed E-state index contributed by atoms with van der Waals surface area (Å²) >= 11 is 0. The fourth-order valence-electron chi connectivity index (χ4n) is 3.63. The average Bonchev–Trinajstić information content (AvgIpc) is 3.28. The normalized spacial score (nSPS) is 17.0. The first-order valence-electron chi connectivity index (χ1n) is 8.83. The number of anilines is 1. The quantitative estimate of drug-likeness (QED) is 0.666. The molecule has 26 heavy (non-hydrogen) atoms. The van der Waals surface area contributed by atoms with E-state index in [0.717, 1.165) is 30.6 Å². The maximum Gasteiger partial charge on any atom is 0.356 e. The number of hydrogen-bond acceptors (Lipinski definition) is 4. The van der Waals surface area contributed by atoms with E-state index in [0.29, 0.717) is 17.9 Å². The second kappa shape index (κ2) is 6.78. The fraction of sp³-hybridized carbons (Fsp3) is 0.300. The first kappa shape index (κ1) is 16.6. The summed E-state index contributed by atoms with van der Waals surface area (Å²) in [7, 11) is 0. The second-order valence-corrected chi connectivity index (χ2v) is 6.39. The summed E-state index contributed by atoms with van der Waals surface area (Å²) in [5, 5.41) is 0. The summed E-state index contributed by atoms with van der Waals surface area (Å²) in [5.41, 5.74) is 3.05. The molecule has 0 radical (unpaired) electrons. The molecule has 134 valence electrons. The lowest BCUT2D eigenvalue weighted by Crippen LogP contribution is -2.23. The molecular formula is C20H20FN3O2. The van der Waals surface area contributed by atoms with Gasteiger partial charge in [0.1, 0.15) is 11.5 Å². The average molecular weight is 353 g/mol. The molecule has 1 aromatic carbocycles. The van der Waals surface area contributed by atoms with E-state index in [9.17, 15) is 9.18 Å². The lowest BCUT2D eigenvalue weighted by atomic mass is 10.0. The van der Waals surface area contributed by atoms with Gasteiger partial charge < -0.3 is 9.64 Å². The van der Waals surface area contributed by atoms with Crippen molar-refractivity contribution in [2.45, 2.75) is 25.8 Å². The molecule has 0 spiro atoms. The van der Waals surface area contributed by atoms with Crippen molar-refractivity contribution in [3.8, 4) is 0 Å². The van der Waals surface area contributed by atoms with Crippen molar-refractivity contribution < 1.29 is 13.9 Å². The van der Waals surface area contributed by atoms with Crippen LogP contribution in [0.25, 0.3) is 5.65 Å². The van der Waals surface area contributed by atoms with Crippen LogP contribution in [0.5, 0.6) is 0 Å². The van der Waals surface area contributed by atoms with Crippen LogP contribution in [0.2, 0.25) is 0 Å². The van der Waals surface area contributed by atoms with Gasteiger partial charge in [0.15, 0.2) is 5.69 Å². The number of hydrogen-bond donors (Lipinski definition) is 0. The zero-order valence-corrected chi connectivity index (χ0v) is 14.6. The lowest BCUT2D eigenvalue weighted by molar-refractivity contribution is 0.0518. The van der Waals surface area contributed by atoms with Crippen molar-refractivity contribution in [2.24, 2.45) is 0 Å². The Kier molecular flexibility index (Phi) is 4.32. The van der Waals surface area contributed by atoms with Crippen molar-refractivity contribution in [1.82, 2.24) is 9.38 Å². The van der Waals surface area contributed by atoms with Gasteiger partial charge in [-0.15, -0.1) is 0 Å². The molecule has 1 unspecified atom stereocenters. The molecule has 4 rings (SSSR count). The van der Waals surface area contributed by atoms with Crippen LogP contribution >= 0.6 is 0 Å². The molecule has 1 aliphatic rings. The standard InChI is InChI=1S/C20H20FN3O2/c1-2-26-20(25)18-12-22-19-9-8-16(13-24(18)19)23-10-4-7-17(23)14-5-3-6-15(21)11-14/h3,5-6,8-9,11-13,17H,2,4,7,10H2,1H3. The Balaban J connectivity index is 1.71. The van der Waals surface area contributed by atoms with Crippen molar-refractivity contribution in [1.29, 1.82) is 0 Å². The zero-order chi connectivity index (χ0) is 18.1. The number of rotatable bonds is 4. The minimum Gasteiger partial charge on any atom is -0.461 e. The molecular weight excluding hydrogens is 333 g/mol. The van der Waals surface area contributed by atoms with Crippen molar-refractivity contribution in [3.05, 3.63) is 65.9 Å². The number of carbonyl (C=O) groups is 1. The Morgan fingerprint density at radius 3 is 3.04 bits per heavy atom. The maximum atomic E-state index is 13.6. The van der Waals surface area contributed by atoms with Crippen LogP contribution in [0, 0.1) is 5.82 Å². The van der Waals surface area contributed by atoms with Crippen LogP contribution in [-0.4, -0.2) is 28.5 Å². The van der Waals surface area contributed by atoms with Gasteiger partial charge in [-0.2, -0.15) is 0 Å². The van der Waals surface area contributed by atoms with Crippen LogP contribution < -0.4 is 4.90 Å². The fourth-order valence-corrected chi connectivity index (χ4v) is 3.63. The van der Waals surface area contributed by atoms with Crippen molar-refractivity contribution in [2.75, 3.05) is 18.1 Å². The number of benzene rings is 1. The third-order valence-electron chi connectivity index (χ3n) is 4.79. The second-order valence-electron chi connectivity index (χ2n) is 6.39. The molecule has 0 amide bonds. The molecule has 0 aliphatic carbocycles. The van der Waals surface area contributed by atoms with E-state index in [1.807, 2.05) is 24.4 Å². The molecule has 3 heterocycles. The number of esters is 1. The number of aromatic nitrogens is 2. The van der Waals surface area contributed by atoms with Gasteiger partial charge in [-0.3, -0.25) is 4.40 Å². The van der Waals surface area contributed by atoms with E-state index < -0.39 is 0 Å². The molecule has 3 aromatic rings. The highest BCUT2D eigenvalue weighted by Crippen LogP contribution is 2.36. The highest BCUT2D eigenvalue weighted by molar-refractivity contribution is 5.88. The third kappa shape index (κ3) is 2.92. The summed E-state index contributed by atoms with van der Waals surface area (Å²) in [4.78, 5) is 18.7. The molecule has 1 aliphatic heterocycles. The monoisotopic (exact) mass is 353 g/mol. The number of carbonyl (C=O) groups excluding carboxylic acids is 1. The number of halogens is 1. The Bertz CT molecular complexity index is 953. The lowest BCUT2D eigenvalue weighted by Gasteiger charge is -2.27. The van der Waals surface area contributed by atoms with Crippen LogP contribution in [0.3, 0.4) is 0 Å². The van der Waals surface area contributed by atoms with Crippen LogP contribution in [-0.2, 0) is 4.74 Å². The molecule has 2 aromatic heterocycles. The summed E-state index contributed by atoms with van der Waals surface area (Å²) in [6.45, 7) is 2.98. The molecule has 6 heteroatoms. The summed E-state index contributed by atoms with van der Waals surface area (Å²) in [5.74, 6) is -0.607. The Labute approximate surface area is 151 Å². The summed E-state index contributed by atoms with van der Waals surface area (Å²) < 4.78 is 20.5. The van der Waals surface area contributed by atoms with Gasteiger partial charge in [0.25, 0.3) is 0 Å². The van der Waals surface area contributed by atoms with E-state index in [4.69, 9.17) is 4.74 Å². The number of imidazole rings is 1. The largest absolute Gasteiger partial charge is 0.461 e. The minimum absolute atomic E-state index is 0.123. The Morgan fingerprint density at radius 1 is 1.35 bits per heavy atom. The van der Waals surface area contributed by atoms with E-state index in [2.05, 4.69) is 9.88 Å². The Hall–Kier alpha value is -2.89. The van der Waals surface area contributed by atoms with E-state index in [-0.39, 0.29) is 17.8 Å². The molecule has 0 N–H and O–H groups in total. The van der Waals surface area contributed by atoms with Crippen molar-refractivity contribution in [3.63, 3.8) is 0 Å². The third-order valence-corrected chi connectivity index (χ3v) is 4.79. The smallest absolute Gasteiger partial charge is 0.356 e. The van der Waals surface area contributed by atoms with E-state index in [1.54, 1.807) is 23.5 Å². The molecule has 1 atom stereocenters. The maximum absolute atomic E-state index is 13.6. The van der Waals surface area contributed by atoms with Gasteiger partial charge in [-0.05, 0) is 49.6 Å². The van der Waals surface area contributed by atoms with Crippen molar-refractivity contribution >= 4 is 17.3 Å². The van der Waals surface area contributed by atoms with E-state index in [1.165, 1.54) is 12.3 Å². The predicted octanol–water partition coefficient (Wildman–Crippen LogP) is 3.99. The number of ether oxygens (including phenoxy) is 1. The minimum atomic E-state index is -0.389. The van der Waals surface area contributed by atoms with Crippen LogP contribution in [0.1, 0.15) is 41.9 Å². The molecule has 1 saturated heterocycles. The molecule has 0 saturated carbocycles. The predicted molar refractivity (Wildman–Crippen MR) is 96.9 cm³/mol. The van der Waals surface area contributed by atoms with Gasteiger partial charge in [-0.1, -0.05) is 12.1 Å². The van der Waals surface area contributed by atoms with Crippen LogP contribution in [0.15, 0.2) is 48.8 Å². The molecule has 0 bridgehead atoms. The van der Waals surface area contributed by atoms with Crippen LogP contribution in [0.4, 0.5) is 10.1 Å².